The van der Waals surface area contributed by atoms with E-state index in [2.05, 4.69) is 0 Å². The molecule has 1 aliphatic heterocycles. The van der Waals surface area contributed by atoms with Crippen molar-refractivity contribution in [1.29, 1.82) is 0 Å². The molecule has 1 N–H and O–H groups in total. The van der Waals surface area contributed by atoms with Gasteiger partial charge in [0.2, 0.25) is 0 Å². The zero-order chi connectivity index (χ0) is 18.7. The Kier molecular flexibility index (Phi) is 5.11. The Morgan fingerprint density at radius 3 is 2.69 bits per heavy atom. The first kappa shape index (κ1) is 17.8. The zero-order valence-corrected chi connectivity index (χ0v) is 14.8. The lowest BCUT2D eigenvalue weighted by atomic mass is 9.92. The highest BCUT2D eigenvalue weighted by Crippen LogP contribution is 2.30. The van der Waals surface area contributed by atoms with Gasteiger partial charge in [-0.3, -0.25) is 4.79 Å². The number of rotatable bonds is 5. The molecule has 1 heterocycles. The second-order valence-electron chi connectivity index (χ2n) is 6.20. The molecule has 0 bridgehead atoms. The molecule has 1 amide bonds. The molecule has 2 aromatic rings. The summed E-state index contributed by atoms with van der Waals surface area (Å²) in [6.45, 7) is 2.03. The largest absolute Gasteiger partial charge is 0.496 e. The van der Waals surface area contributed by atoms with Crippen molar-refractivity contribution in [1.82, 2.24) is 4.90 Å². The van der Waals surface area contributed by atoms with Crippen LogP contribution >= 0.6 is 0 Å². The van der Waals surface area contributed by atoms with Gasteiger partial charge in [-0.25, -0.2) is 4.79 Å². The van der Waals surface area contributed by atoms with Crippen molar-refractivity contribution in [3.63, 3.8) is 0 Å². The van der Waals surface area contributed by atoms with Crippen LogP contribution in [0.25, 0.3) is 0 Å². The number of amides is 1. The number of aliphatic carboxylic acids is 1. The van der Waals surface area contributed by atoms with Crippen molar-refractivity contribution >= 4 is 11.9 Å². The monoisotopic (exact) mass is 355 g/mol. The Morgan fingerprint density at radius 1 is 1.23 bits per heavy atom. The summed E-state index contributed by atoms with van der Waals surface area (Å²) in [7, 11) is 1.59. The number of hydrogen-bond donors (Lipinski definition) is 1. The topological polar surface area (TPSA) is 76.1 Å². The Balaban J connectivity index is 1.73. The highest BCUT2D eigenvalue weighted by molar-refractivity contribution is 5.86. The summed E-state index contributed by atoms with van der Waals surface area (Å²) in [5.74, 6) is -0.102. The summed E-state index contributed by atoms with van der Waals surface area (Å²) in [5.41, 5.74) is 2.53. The van der Waals surface area contributed by atoms with E-state index in [0.717, 1.165) is 16.9 Å². The molecule has 1 unspecified atom stereocenters. The Bertz CT molecular complexity index is 833. The second kappa shape index (κ2) is 7.47. The molecule has 0 fully saturated rings. The van der Waals surface area contributed by atoms with E-state index < -0.39 is 12.0 Å². The van der Waals surface area contributed by atoms with E-state index >= 15 is 0 Å². The van der Waals surface area contributed by atoms with Crippen LogP contribution < -0.4 is 9.47 Å². The van der Waals surface area contributed by atoms with E-state index in [4.69, 9.17) is 9.47 Å². The van der Waals surface area contributed by atoms with Gasteiger partial charge in [-0.05, 0) is 48.2 Å². The van der Waals surface area contributed by atoms with E-state index in [1.54, 1.807) is 37.4 Å². The number of carbonyl (C=O) groups is 2. The third-order valence-corrected chi connectivity index (χ3v) is 4.57. The molecule has 26 heavy (non-hydrogen) atoms. The predicted octanol–water partition coefficient (Wildman–Crippen LogP) is 2.59. The van der Waals surface area contributed by atoms with Crippen LogP contribution in [0, 0.1) is 6.92 Å². The van der Waals surface area contributed by atoms with E-state index in [1.165, 1.54) is 4.90 Å². The SMILES string of the molecule is COc1ccc(OCC(=O)N2CCc3ccccc3C2C(=O)O)cc1C. The Morgan fingerprint density at radius 2 is 2.00 bits per heavy atom. The summed E-state index contributed by atoms with van der Waals surface area (Å²) in [6.07, 6.45) is 0.632. The summed E-state index contributed by atoms with van der Waals surface area (Å²) < 4.78 is 10.8. The van der Waals surface area contributed by atoms with Gasteiger partial charge in [-0.1, -0.05) is 24.3 Å². The molecule has 3 rings (SSSR count). The number of benzene rings is 2. The summed E-state index contributed by atoms with van der Waals surface area (Å²) >= 11 is 0. The molecule has 6 heteroatoms. The minimum Gasteiger partial charge on any atom is -0.496 e. The molecule has 0 spiro atoms. The molecule has 2 aromatic carbocycles. The molecule has 6 nitrogen and oxygen atoms in total. The molecular formula is C20H21NO5. The minimum atomic E-state index is -1.04. The van der Waals surface area contributed by atoms with Crippen LogP contribution in [0.3, 0.4) is 0 Å². The van der Waals surface area contributed by atoms with Crippen LogP contribution in [0.5, 0.6) is 11.5 Å². The van der Waals surface area contributed by atoms with Gasteiger partial charge in [0.05, 0.1) is 7.11 Å². The van der Waals surface area contributed by atoms with Crippen LogP contribution in [-0.2, 0) is 16.0 Å². The Labute approximate surface area is 152 Å². The van der Waals surface area contributed by atoms with Crippen LogP contribution in [0.2, 0.25) is 0 Å². The van der Waals surface area contributed by atoms with Crippen molar-refractivity contribution in [3.8, 4) is 11.5 Å². The van der Waals surface area contributed by atoms with E-state index in [-0.39, 0.29) is 12.5 Å². The third kappa shape index (κ3) is 3.49. The van der Waals surface area contributed by atoms with Gasteiger partial charge < -0.3 is 19.5 Å². The number of hydrogen-bond acceptors (Lipinski definition) is 4. The van der Waals surface area contributed by atoms with Crippen molar-refractivity contribution in [2.24, 2.45) is 0 Å². The molecule has 0 aliphatic carbocycles. The van der Waals surface area contributed by atoms with Gasteiger partial charge in [-0.2, -0.15) is 0 Å². The van der Waals surface area contributed by atoms with Gasteiger partial charge in [0.15, 0.2) is 12.6 Å². The summed E-state index contributed by atoms with van der Waals surface area (Å²) in [6, 6.07) is 11.6. The first-order valence-electron chi connectivity index (χ1n) is 8.38. The normalized spacial score (nSPS) is 15.9. The van der Waals surface area contributed by atoms with Crippen molar-refractivity contribution in [2.45, 2.75) is 19.4 Å². The highest BCUT2D eigenvalue weighted by atomic mass is 16.5. The van der Waals surface area contributed by atoms with Crippen LogP contribution in [0.4, 0.5) is 0 Å². The highest BCUT2D eigenvalue weighted by Gasteiger charge is 2.35. The fourth-order valence-electron chi connectivity index (χ4n) is 3.27. The number of nitrogens with zero attached hydrogens (tertiary/aromatic N) is 1. The number of ether oxygens (including phenoxy) is 2. The number of carbonyl (C=O) groups excluding carboxylic acids is 1. The maximum atomic E-state index is 12.6. The number of methoxy groups -OCH3 is 1. The molecule has 0 aromatic heterocycles. The number of carboxylic acid groups (broad SMARTS) is 1. The second-order valence-corrected chi connectivity index (χ2v) is 6.20. The summed E-state index contributed by atoms with van der Waals surface area (Å²) in [5, 5.41) is 9.64. The average Bonchev–Trinajstić information content (AvgIpc) is 2.65. The van der Waals surface area contributed by atoms with E-state index in [9.17, 15) is 14.7 Å². The molecule has 0 saturated heterocycles. The lowest BCUT2D eigenvalue weighted by Crippen LogP contribution is -2.45. The fraction of sp³-hybridized carbons (Fsp3) is 0.300. The van der Waals surface area contributed by atoms with Gasteiger partial charge >= 0.3 is 5.97 Å². The predicted molar refractivity (Wildman–Crippen MR) is 95.5 cm³/mol. The maximum absolute atomic E-state index is 12.6. The number of carboxylic acids is 1. The first-order valence-corrected chi connectivity index (χ1v) is 8.38. The number of aryl methyl sites for hydroxylation is 1. The lowest BCUT2D eigenvalue weighted by molar-refractivity contribution is -0.152. The van der Waals surface area contributed by atoms with Crippen molar-refractivity contribution in [3.05, 3.63) is 59.2 Å². The number of fused-ring (bicyclic) bond motifs is 1. The van der Waals surface area contributed by atoms with Crippen LogP contribution in [0.1, 0.15) is 22.7 Å². The molecular weight excluding hydrogens is 334 g/mol. The van der Waals surface area contributed by atoms with Gasteiger partial charge in [0.25, 0.3) is 5.91 Å². The van der Waals surface area contributed by atoms with Crippen LogP contribution in [-0.4, -0.2) is 42.1 Å². The maximum Gasteiger partial charge on any atom is 0.331 e. The first-order chi connectivity index (χ1) is 12.5. The van der Waals surface area contributed by atoms with Crippen LogP contribution in [0.15, 0.2) is 42.5 Å². The fourth-order valence-corrected chi connectivity index (χ4v) is 3.27. The minimum absolute atomic E-state index is 0.211. The lowest BCUT2D eigenvalue weighted by Gasteiger charge is -2.34. The quantitative estimate of drug-likeness (QED) is 0.892. The molecule has 1 aliphatic rings. The van der Waals surface area contributed by atoms with Gasteiger partial charge in [-0.15, -0.1) is 0 Å². The molecule has 0 radical (unpaired) electrons. The van der Waals surface area contributed by atoms with E-state index in [1.807, 2.05) is 19.1 Å². The van der Waals surface area contributed by atoms with E-state index in [0.29, 0.717) is 24.3 Å². The van der Waals surface area contributed by atoms with Crippen molar-refractivity contribution < 1.29 is 24.2 Å². The molecule has 136 valence electrons. The molecule has 1 atom stereocenters. The molecule has 0 saturated carbocycles. The third-order valence-electron chi connectivity index (χ3n) is 4.57. The van der Waals surface area contributed by atoms with Gasteiger partial charge in [0.1, 0.15) is 11.5 Å². The zero-order valence-electron chi connectivity index (χ0n) is 14.8. The van der Waals surface area contributed by atoms with Crippen molar-refractivity contribution in [2.75, 3.05) is 20.3 Å². The average molecular weight is 355 g/mol. The van der Waals surface area contributed by atoms with Gasteiger partial charge in [0, 0.05) is 6.54 Å². The summed E-state index contributed by atoms with van der Waals surface area (Å²) in [4.78, 5) is 25.8. The Hall–Kier alpha value is -3.02. The smallest absolute Gasteiger partial charge is 0.331 e. The standard InChI is InChI=1S/C20H21NO5/c1-13-11-15(7-8-17(13)25-2)26-12-18(22)21-10-9-14-5-3-4-6-16(14)19(21)20(23)24/h3-8,11,19H,9-10,12H2,1-2H3,(H,23,24).